The molecule has 1 N–H and O–H groups in total. The Balaban J connectivity index is 1.76. The fourth-order valence-corrected chi connectivity index (χ4v) is 4.73. The summed E-state index contributed by atoms with van der Waals surface area (Å²) in [4.78, 5) is 0. The Morgan fingerprint density at radius 2 is 2.05 bits per heavy atom. The van der Waals surface area contributed by atoms with Crippen LogP contribution in [-0.2, 0) is 23.2 Å². The van der Waals surface area contributed by atoms with E-state index in [1.807, 2.05) is 18.2 Å². The summed E-state index contributed by atoms with van der Waals surface area (Å²) in [6, 6.07) is 8.18. The number of rotatable bonds is 3. The van der Waals surface area contributed by atoms with Gasteiger partial charge >= 0.3 is 0 Å². The summed E-state index contributed by atoms with van der Waals surface area (Å²) >= 11 is 0. The van der Waals surface area contributed by atoms with E-state index in [-0.39, 0.29) is 6.04 Å². The second kappa shape index (κ2) is 6.04. The summed E-state index contributed by atoms with van der Waals surface area (Å²) in [5, 5.41) is 3.28. The van der Waals surface area contributed by atoms with Crippen LogP contribution < -0.4 is 5.32 Å². The van der Waals surface area contributed by atoms with Crippen LogP contribution in [0.25, 0.3) is 0 Å². The predicted octanol–water partition coefficient (Wildman–Crippen LogP) is 0.973. The van der Waals surface area contributed by atoms with Gasteiger partial charge in [0, 0.05) is 32.7 Å². The van der Waals surface area contributed by atoms with Crippen LogP contribution in [0.5, 0.6) is 0 Å². The zero-order valence-corrected chi connectivity index (χ0v) is 13.3. The van der Waals surface area contributed by atoms with E-state index in [0.29, 0.717) is 13.1 Å². The zero-order valence-electron chi connectivity index (χ0n) is 12.5. The van der Waals surface area contributed by atoms with E-state index >= 15 is 0 Å². The second-order valence-electron chi connectivity index (χ2n) is 5.88. The number of benzene rings is 1. The Morgan fingerprint density at radius 3 is 2.76 bits per heavy atom. The van der Waals surface area contributed by atoms with E-state index in [1.54, 1.807) is 15.7 Å². The molecule has 5 nitrogen and oxygen atoms in total. The third-order valence-electron chi connectivity index (χ3n) is 4.57. The predicted molar refractivity (Wildman–Crippen MR) is 83.1 cm³/mol. The molecule has 1 atom stereocenters. The van der Waals surface area contributed by atoms with E-state index in [4.69, 9.17) is 0 Å². The maximum Gasteiger partial charge on any atom is 0.282 e. The van der Waals surface area contributed by atoms with E-state index in [0.717, 1.165) is 37.9 Å². The Labute approximate surface area is 127 Å². The fourth-order valence-electron chi connectivity index (χ4n) is 3.18. The van der Waals surface area contributed by atoms with E-state index in [9.17, 15) is 8.42 Å². The van der Waals surface area contributed by atoms with Gasteiger partial charge in [-0.1, -0.05) is 24.3 Å². The molecule has 0 amide bonds. The summed E-state index contributed by atoms with van der Waals surface area (Å²) in [7, 11) is -1.66. The average molecular weight is 309 g/mol. The minimum atomic E-state index is -3.38. The van der Waals surface area contributed by atoms with Gasteiger partial charge in [-0.2, -0.15) is 17.0 Å². The minimum Gasteiger partial charge on any atom is -0.315 e. The SMILES string of the molecule is CN(C1CCCNC1)S(=O)(=O)N1CCc2ccccc2C1. The number of piperidine rings is 1. The fraction of sp³-hybridized carbons (Fsp3) is 0.600. The van der Waals surface area contributed by atoms with Crippen molar-refractivity contribution in [2.75, 3.05) is 26.7 Å². The molecule has 1 saturated heterocycles. The van der Waals surface area contributed by atoms with Crippen LogP contribution in [0.15, 0.2) is 24.3 Å². The molecule has 2 aliphatic heterocycles. The van der Waals surface area contributed by atoms with Crippen LogP contribution in [0.3, 0.4) is 0 Å². The molecule has 2 aliphatic rings. The van der Waals surface area contributed by atoms with Crippen molar-refractivity contribution in [2.24, 2.45) is 0 Å². The van der Waals surface area contributed by atoms with Gasteiger partial charge in [0.1, 0.15) is 0 Å². The van der Waals surface area contributed by atoms with Gasteiger partial charge in [0.25, 0.3) is 10.2 Å². The summed E-state index contributed by atoms with van der Waals surface area (Å²) < 4.78 is 28.8. The molecule has 2 heterocycles. The molecule has 6 heteroatoms. The van der Waals surface area contributed by atoms with Crippen LogP contribution in [0.1, 0.15) is 24.0 Å². The number of nitrogens with zero attached hydrogens (tertiary/aromatic N) is 2. The smallest absolute Gasteiger partial charge is 0.282 e. The number of fused-ring (bicyclic) bond motifs is 1. The highest BCUT2D eigenvalue weighted by Crippen LogP contribution is 2.24. The number of nitrogens with one attached hydrogen (secondary N) is 1. The molecule has 0 bridgehead atoms. The molecular weight excluding hydrogens is 286 g/mol. The summed E-state index contributed by atoms with van der Waals surface area (Å²) in [5.74, 6) is 0. The molecule has 1 aromatic rings. The molecule has 1 fully saturated rings. The number of likely N-dealkylation sites (N-methyl/N-ethyl adjacent to an activating group) is 1. The Kier molecular flexibility index (Phi) is 4.31. The lowest BCUT2D eigenvalue weighted by Gasteiger charge is -2.36. The first-order valence-corrected chi connectivity index (χ1v) is 8.99. The molecule has 1 unspecified atom stereocenters. The third kappa shape index (κ3) is 2.99. The van der Waals surface area contributed by atoms with Gasteiger partial charge in [0.15, 0.2) is 0 Å². The standard InChI is InChI=1S/C15H23N3O2S/c1-17(15-7-4-9-16-11-15)21(19,20)18-10-8-13-5-2-3-6-14(13)12-18/h2-3,5-6,15-16H,4,7-12H2,1H3. The average Bonchev–Trinajstić information content (AvgIpc) is 2.54. The topological polar surface area (TPSA) is 52.7 Å². The van der Waals surface area contributed by atoms with Gasteiger partial charge in [-0.3, -0.25) is 0 Å². The normalized spacial score (nSPS) is 24.0. The molecule has 0 radical (unpaired) electrons. The highest BCUT2D eigenvalue weighted by molar-refractivity contribution is 7.86. The first-order valence-electron chi connectivity index (χ1n) is 7.59. The molecule has 0 saturated carbocycles. The second-order valence-corrected chi connectivity index (χ2v) is 7.86. The van der Waals surface area contributed by atoms with Gasteiger partial charge in [0.05, 0.1) is 0 Å². The van der Waals surface area contributed by atoms with Gasteiger partial charge in [-0.05, 0) is 36.9 Å². The molecule has 116 valence electrons. The Bertz CT molecular complexity index is 597. The lowest BCUT2D eigenvalue weighted by molar-refractivity contribution is 0.269. The van der Waals surface area contributed by atoms with Gasteiger partial charge in [-0.15, -0.1) is 0 Å². The molecule has 0 spiro atoms. The lowest BCUT2D eigenvalue weighted by Crippen LogP contribution is -2.52. The van der Waals surface area contributed by atoms with Crippen LogP contribution in [0.4, 0.5) is 0 Å². The van der Waals surface area contributed by atoms with E-state index in [2.05, 4.69) is 11.4 Å². The van der Waals surface area contributed by atoms with Crippen molar-refractivity contribution in [3.05, 3.63) is 35.4 Å². The molecule has 3 rings (SSSR count). The highest BCUT2D eigenvalue weighted by Gasteiger charge is 2.34. The van der Waals surface area contributed by atoms with Crippen molar-refractivity contribution in [3.8, 4) is 0 Å². The number of hydrogen-bond donors (Lipinski definition) is 1. The van der Waals surface area contributed by atoms with Crippen molar-refractivity contribution in [3.63, 3.8) is 0 Å². The van der Waals surface area contributed by atoms with Crippen molar-refractivity contribution < 1.29 is 8.42 Å². The quantitative estimate of drug-likeness (QED) is 0.905. The van der Waals surface area contributed by atoms with Crippen molar-refractivity contribution >= 4 is 10.2 Å². The monoisotopic (exact) mass is 309 g/mol. The summed E-state index contributed by atoms with van der Waals surface area (Å²) in [5.41, 5.74) is 2.40. The van der Waals surface area contributed by atoms with Crippen LogP contribution in [0.2, 0.25) is 0 Å². The summed E-state index contributed by atoms with van der Waals surface area (Å²) in [6.07, 6.45) is 2.77. The first kappa shape index (κ1) is 15.0. The van der Waals surface area contributed by atoms with Crippen LogP contribution in [-0.4, -0.2) is 49.8 Å². The minimum absolute atomic E-state index is 0.0703. The third-order valence-corrected chi connectivity index (χ3v) is 6.56. The first-order chi connectivity index (χ1) is 10.1. The van der Waals surface area contributed by atoms with Crippen LogP contribution in [0, 0.1) is 0 Å². The van der Waals surface area contributed by atoms with Crippen molar-refractivity contribution in [1.29, 1.82) is 0 Å². The van der Waals surface area contributed by atoms with E-state index in [1.165, 1.54) is 5.56 Å². The van der Waals surface area contributed by atoms with Crippen LogP contribution >= 0.6 is 0 Å². The highest BCUT2D eigenvalue weighted by atomic mass is 32.2. The van der Waals surface area contributed by atoms with Gasteiger partial charge in [-0.25, -0.2) is 0 Å². The Hall–Kier alpha value is -0.950. The maximum atomic E-state index is 12.8. The molecule has 0 aliphatic carbocycles. The number of hydrogen-bond acceptors (Lipinski definition) is 3. The lowest BCUT2D eigenvalue weighted by atomic mass is 10.0. The molecule has 1 aromatic carbocycles. The van der Waals surface area contributed by atoms with Crippen molar-refractivity contribution in [1.82, 2.24) is 13.9 Å². The van der Waals surface area contributed by atoms with Gasteiger partial charge in [0.2, 0.25) is 0 Å². The molecule has 0 aromatic heterocycles. The Morgan fingerprint density at radius 1 is 1.29 bits per heavy atom. The largest absolute Gasteiger partial charge is 0.315 e. The zero-order chi connectivity index (χ0) is 14.9. The molecular formula is C15H23N3O2S. The van der Waals surface area contributed by atoms with Gasteiger partial charge < -0.3 is 5.32 Å². The van der Waals surface area contributed by atoms with Crippen molar-refractivity contribution in [2.45, 2.75) is 31.8 Å². The van der Waals surface area contributed by atoms with E-state index < -0.39 is 10.2 Å². The molecule has 21 heavy (non-hydrogen) atoms. The summed E-state index contributed by atoms with van der Waals surface area (Å²) in [6.45, 7) is 2.80. The maximum absolute atomic E-state index is 12.8.